The van der Waals surface area contributed by atoms with Gasteiger partial charge in [0.25, 0.3) is 0 Å². The maximum Gasteiger partial charge on any atom is 0.0576 e. The average Bonchev–Trinajstić information content (AvgIpc) is 2.55. The zero-order valence-corrected chi connectivity index (χ0v) is 10.4. The number of nitrogens with one attached hydrogen (secondary N) is 1. The summed E-state index contributed by atoms with van der Waals surface area (Å²) in [6.07, 6.45) is 5.23. The van der Waals surface area contributed by atoms with Crippen LogP contribution in [-0.4, -0.2) is 30.1 Å². The molecule has 2 atom stereocenters. The van der Waals surface area contributed by atoms with Crippen molar-refractivity contribution in [1.29, 1.82) is 0 Å². The van der Waals surface area contributed by atoms with Crippen LogP contribution in [0.3, 0.4) is 0 Å². The Labute approximate surface area is 103 Å². The topological polar surface area (TPSA) is 41.3 Å². The molecule has 0 amide bonds. The van der Waals surface area contributed by atoms with Gasteiger partial charge in [0.1, 0.15) is 0 Å². The minimum absolute atomic E-state index is 0.591. The van der Waals surface area contributed by atoms with Crippen LogP contribution in [0.15, 0.2) is 24.3 Å². The van der Waals surface area contributed by atoms with Crippen LogP contribution >= 0.6 is 0 Å². The second kappa shape index (κ2) is 4.22. The van der Waals surface area contributed by atoms with Crippen molar-refractivity contribution < 1.29 is 0 Å². The summed E-state index contributed by atoms with van der Waals surface area (Å²) in [4.78, 5) is 2.56. The molecular formula is C14H21N3. The molecule has 2 heterocycles. The van der Waals surface area contributed by atoms with Crippen LogP contribution in [-0.2, 0) is 0 Å². The molecule has 0 saturated carbocycles. The molecule has 1 aromatic carbocycles. The summed E-state index contributed by atoms with van der Waals surface area (Å²) in [5.74, 6) is 0. The van der Waals surface area contributed by atoms with Gasteiger partial charge in [-0.1, -0.05) is 12.1 Å². The Morgan fingerprint density at radius 3 is 2.47 bits per heavy atom. The zero-order chi connectivity index (χ0) is 11.8. The highest BCUT2D eigenvalue weighted by molar-refractivity contribution is 5.66. The van der Waals surface area contributed by atoms with Crippen molar-refractivity contribution in [3.05, 3.63) is 24.3 Å². The van der Waals surface area contributed by atoms with Gasteiger partial charge in [-0.2, -0.15) is 0 Å². The molecule has 3 heteroatoms. The third-order valence-electron chi connectivity index (χ3n) is 4.42. The van der Waals surface area contributed by atoms with Crippen molar-refractivity contribution in [1.82, 2.24) is 4.90 Å². The van der Waals surface area contributed by atoms with E-state index >= 15 is 0 Å². The molecule has 92 valence electrons. The summed E-state index contributed by atoms with van der Waals surface area (Å²) in [6.45, 7) is 0. The standard InChI is InChI=1S/C14H21N3/c1-17-11-6-7-12(17)9-10(8-11)16-14-5-3-2-4-13(14)15/h2-5,10-12,16H,6-9,15H2,1H3. The van der Waals surface area contributed by atoms with Crippen molar-refractivity contribution >= 4 is 11.4 Å². The number of para-hydroxylation sites is 2. The molecule has 0 spiro atoms. The van der Waals surface area contributed by atoms with Gasteiger partial charge in [0.2, 0.25) is 0 Å². The van der Waals surface area contributed by atoms with Gasteiger partial charge < -0.3 is 16.0 Å². The quantitative estimate of drug-likeness (QED) is 0.767. The largest absolute Gasteiger partial charge is 0.397 e. The number of hydrogen-bond donors (Lipinski definition) is 2. The number of piperidine rings is 1. The summed E-state index contributed by atoms with van der Waals surface area (Å²) in [7, 11) is 2.27. The maximum atomic E-state index is 5.98. The molecule has 1 aromatic rings. The van der Waals surface area contributed by atoms with Crippen LogP contribution in [0, 0.1) is 0 Å². The highest BCUT2D eigenvalue weighted by Crippen LogP contribution is 2.35. The molecule has 2 bridgehead atoms. The molecule has 2 aliphatic heterocycles. The molecule has 2 unspecified atom stereocenters. The van der Waals surface area contributed by atoms with Gasteiger partial charge in [-0.25, -0.2) is 0 Å². The summed E-state index contributed by atoms with van der Waals surface area (Å²) >= 11 is 0. The molecule has 2 aliphatic rings. The second-order valence-electron chi connectivity index (χ2n) is 5.45. The van der Waals surface area contributed by atoms with E-state index in [4.69, 9.17) is 5.73 Å². The highest BCUT2D eigenvalue weighted by Gasteiger charge is 2.38. The number of rotatable bonds is 2. The Balaban J connectivity index is 1.70. The smallest absolute Gasteiger partial charge is 0.0576 e. The molecule has 3 rings (SSSR count). The predicted octanol–water partition coefficient (Wildman–Crippen LogP) is 2.31. The SMILES string of the molecule is CN1C2CCC1CC(Nc1ccccc1N)C2. The summed E-state index contributed by atoms with van der Waals surface area (Å²) in [6, 6.07) is 10.2. The Bertz CT molecular complexity index is 390. The van der Waals surface area contributed by atoms with E-state index in [-0.39, 0.29) is 0 Å². The van der Waals surface area contributed by atoms with Crippen LogP contribution in [0.2, 0.25) is 0 Å². The fourth-order valence-corrected chi connectivity index (χ4v) is 3.38. The normalized spacial score (nSPS) is 32.6. The number of benzene rings is 1. The van der Waals surface area contributed by atoms with Crippen LogP contribution in [0.4, 0.5) is 11.4 Å². The molecule has 3 nitrogen and oxygen atoms in total. The van der Waals surface area contributed by atoms with E-state index in [1.54, 1.807) is 0 Å². The zero-order valence-electron chi connectivity index (χ0n) is 10.4. The predicted molar refractivity (Wildman–Crippen MR) is 72.1 cm³/mol. The number of fused-ring (bicyclic) bond motifs is 2. The van der Waals surface area contributed by atoms with E-state index in [0.717, 1.165) is 23.5 Å². The third-order valence-corrected chi connectivity index (χ3v) is 4.42. The lowest BCUT2D eigenvalue weighted by Gasteiger charge is -2.37. The molecule has 3 N–H and O–H groups in total. The van der Waals surface area contributed by atoms with E-state index in [9.17, 15) is 0 Å². The molecule has 17 heavy (non-hydrogen) atoms. The van der Waals surface area contributed by atoms with Crippen molar-refractivity contribution in [2.45, 2.75) is 43.8 Å². The number of nitrogen functional groups attached to an aromatic ring is 1. The monoisotopic (exact) mass is 231 g/mol. The van der Waals surface area contributed by atoms with Crippen LogP contribution in [0.25, 0.3) is 0 Å². The number of nitrogens with two attached hydrogens (primary N) is 1. The first kappa shape index (κ1) is 10.9. The first-order valence-electron chi connectivity index (χ1n) is 6.57. The Morgan fingerprint density at radius 2 is 1.82 bits per heavy atom. The van der Waals surface area contributed by atoms with E-state index in [1.807, 2.05) is 18.2 Å². The van der Waals surface area contributed by atoms with E-state index in [1.165, 1.54) is 25.7 Å². The van der Waals surface area contributed by atoms with Crippen molar-refractivity contribution in [3.63, 3.8) is 0 Å². The first-order valence-corrected chi connectivity index (χ1v) is 6.57. The fraction of sp³-hybridized carbons (Fsp3) is 0.571. The Kier molecular flexibility index (Phi) is 2.71. The minimum Gasteiger partial charge on any atom is -0.397 e. The van der Waals surface area contributed by atoms with E-state index in [0.29, 0.717) is 6.04 Å². The lowest BCUT2D eigenvalue weighted by atomic mass is 9.97. The fourth-order valence-electron chi connectivity index (χ4n) is 3.38. The maximum absolute atomic E-state index is 5.98. The lowest BCUT2D eigenvalue weighted by molar-refractivity contribution is 0.169. The van der Waals surface area contributed by atoms with Gasteiger partial charge in [-0.05, 0) is 44.9 Å². The minimum atomic E-state index is 0.591. The Hall–Kier alpha value is -1.22. The summed E-state index contributed by atoms with van der Waals surface area (Å²) in [5.41, 5.74) is 7.94. The van der Waals surface area contributed by atoms with Gasteiger partial charge in [0.15, 0.2) is 0 Å². The van der Waals surface area contributed by atoms with Gasteiger partial charge >= 0.3 is 0 Å². The molecule has 2 fully saturated rings. The average molecular weight is 231 g/mol. The van der Waals surface area contributed by atoms with Gasteiger partial charge in [0.05, 0.1) is 11.4 Å². The Morgan fingerprint density at radius 1 is 1.18 bits per heavy atom. The van der Waals surface area contributed by atoms with Crippen molar-refractivity contribution in [2.75, 3.05) is 18.1 Å². The molecule has 0 aliphatic carbocycles. The third kappa shape index (κ3) is 2.00. The summed E-state index contributed by atoms with van der Waals surface area (Å²) < 4.78 is 0. The second-order valence-corrected chi connectivity index (χ2v) is 5.45. The molecular weight excluding hydrogens is 210 g/mol. The number of hydrogen-bond acceptors (Lipinski definition) is 3. The number of nitrogens with zero attached hydrogens (tertiary/aromatic N) is 1. The van der Waals surface area contributed by atoms with Crippen LogP contribution < -0.4 is 11.1 Å². The van der Waals surface area contributed by atoms with Gasteiger partial charge in [-0.15, -0.1) is 0 Å². The number of anilines is 2. The molecule has 2 saturated heterocycles. The van der Waals surface area contributed by atoms with Gasteiger partial charge in [-0.3, -0.25) is 0 Å². The molecule has 0 radical (unpaired) electrons. The first-order chi connectivity index (χ1) is 8.24. The highest BCUT2D eigenvalue weighted by atomic mass is 15.2. The van der Waals surface area contributed by atoms with E-state index < -0.39 is 0 Å². The van der Waals surface area contributed by atoms with Crippen molar-refractivity contribution in [3.8, 4) is 0 Å². The summed E-state index contributed by atoms with van der Waals surface area (Å²) in [5, 5.41) is 3.62. The van der Waals surface area contributed by atoms with Crippen LogP contribution in [0.1, 0.15) is 25.7 Å². The van der Waals surface area contributed by atoms with Crippen LogP contribution in [0.5, 0.6) is 0 Å². The van der Waals surface area contributed by atoms with Crippen molar-refractivity contribution in [2.24, 2.45) is 0 Å². The van der Waals surface area contributed by atoms with E-state index in [2.05, 4.69) is 23.3 Å². The van der Waals surface area contributed by atoms with Gasteiger partial charge in [0, 0.05) is 18.1 Å². The molecule has 0 aromatic heterocycles. The lowest BCUT2D eigenvalue weighted by Crippen LogP contribution is -2.44.